The Kier molecular flexibility index (Phi) is 7.51. The first-order valence-electron chi connectivity index (χ1n) is 15.5. The molecule has 2 aromatic heterocycles. The fourth-order valence-corrected chi connectivity index (χ4v) is 7.98. The van der Waals surface area contributed by atoms with Gasteiger partial charge in [0, 0.05) is 28.5 Å². The molecular formula is C33H28Br2N6O6. The molecular weight excluding hydrogens is 736 g/mol. The van der Waals surface area contributed by atoms with Gasteiger partial charge in [-0.05, 0) is 62.1 Å². The van der Waals surface area contributed by atoms with Crippen molar-refractivity contribution in [1.82, 2.24) is 28.9 Å². The molecule has 0 radical (unpaired) electrons. The molecule has 12 nitrogen and oxygen atoms in total. The van der Waals surface area contributed by atoms with Crippen LogP contribution in [0.4, 0.5) is 0 Å². The molecule has 14 heteroatoms. The van der Waals surface area contributed by atoms with Crippen molar-refractivity contribution in [3.05, 3.63) is 91.9 Å². The van der Waals surface area contributed by atoms with E-state index >= 15 is 0 Å². The lowest BCUT2D eigenvalue weighted by atomic mass is 10.1. The molecule has 0 aliphatic carbocycles. The molecule has 0 spiro atoms. The minimum absolute atomic E-state index is 0.00368. The van der Waals surface area contributed by atoms with Gasteiger partial charge in [0.05, 0.1) is 59.2 Å². The van der Waals surface area contributed by atoms with Gasteiger partial charge in [-0.3, -0.25) is 18.7 Å². The first kappa shape index (κ1) is 30.1. The number of aromatic nitrogens is 4. The van der Waals surface area contributed by atoms with Gasteiger partial charge >= 0.3 is 11.9 Å². The average Bonchev–Trinajstić information content (AvgIpc) is 3.87. The van der Waals surface area contributed by atoms with Gasteiger partial charge in [0.15, 0.2) is 11.4 Å². The normalized spacial score (nSPS) is 19.2. The van der Waals surface area contributed by atoms with Gasteiger partial charge in [0.25, 0.3) is 11.8 Å². The summed E-state index contributed by atoms with van der Waals surface area (Å²) in [5.74, 6) is -1.35. The summed E-state index contributed by atoms with van der Waals surface area (Å²) in [5, 5.41) is 0. The third kappa shape index (κ3) is 4.91. The van der Waals surface area contributed by atoms with Crippen LogP contribution in [0.2, 0.25) is 0 Å². The molecule has 2 atom stereocenters. The number of hydrogen-bond acceptors (Lipinski definition) is 8. The summed E-state index contributed by atoms with van der Waals surface area (Å²) >= 11 is 6.93. The molecule has 6 heterocycles. The van der Waals surface area contributed by atoms with E-state index in [4.69, 9.17) is 9.47 Å². The first-order valence-corrected chi connectivity index (χ1v) is 17.1. The fraction of sp³-hybridized carbons (Fsp3) is 0.333. The SMILES string of the molecule is O=C(OCCCOC(=O)c1ncn2c1C1CCCN1C(=O)c1cc(Br)ccc1-2)c1ncn2c1C1CCCN1C(=O)c1cc(Br)ccc1-2. The molecule has 2 fully saturated rings. The largest absolute Gasteiger partial charge is 0.461 e. The van der Waals surface area contributed by atoms with Gasteiger partial charge in [0.2, 0.25) is 0 Å². The standard InChI is InChI=1S/C33H28Br2N6O6/c34-18-6-8-22-20(14-18)30(42)38-10-1-4-24(38)28-26(36-16-40(22)28)32(44)46-12-3-13-47-33(45)27-29-25-5-2-11-39(25)31(43)21-15-19(35)7-9-23(21)41(29)17-37-27/h6-9,14-17,24-25H,1-5,10-13H2. The van der Waals surface area contributed by atoms with Crippen LogP contribution in [0.1, 0.15) is 97.3 Å². The van der Waals surface area contributed by atoms with Crippen molar-refractivity contribution >= 4 is 55.6 Å². The van der Waals surface area contributed by atoms with Crippen LogP contribution in [0, 0.1) is 0 Å². The van der Waals surface area contributed by atoms with Gasteiger partial charge in [-0.15, -0.1) is 0 Å². The highest BCUT2D eigenvalue weighted by atomic mass is 79.9. The van der Waals surface area contributed by atoms with Crippen molar-refractivity contribution < 1.29 is 28.7 Å². The molecule has 4 aromatic rings. The van der Waals surface area contributed by atoms with Crippen molar-refractivity contribution in [3.8, 4) is 11.4 Å². The molecule has 0 bridgehead atoms. The van der Waals surface area contributed by atoms with Gasteiger partial charge in [-0.2, -0.15) is 0 Å². The number of amides is 2. The van der Waals surface area contributed by atoms with Crippen molar-refractivity contribution in [2.45, 2.75) is 44.2 Å². The number of nitrogens with zero attached hydrogens (tertiary/aromatic N) is 6. The third-order valence-corrected chi connectivity index (χ3v) is 10.3. The van der Waals surface area contributed by atoms with Crippen LogP contribution in [-0.2, 0) is 9.47 Å². The Bertz CT molecular complexity index is 1850. The second-order valence-corrected chi connectivity index (χ2v) is 13.8. The van der Waals surface area contributed by atoms with E-state index in [1.54, 1.807) is 34.6 Å². The summed E-state index contributed by atoms with van der Waals surface area (Å²) in [6, 6.07) is 10.4. The van der Waals surface area contributed by atoms with Gasteiger partial charge in [-0.1, -0.05) is 31.9 Å². The Morgan fingerprint density at radius 1 is 0.723 bits per heavy atom. The van der Waals surface area contributed by atoms with Crippen LogP contribution < -0.4 is 0 Å². The van der Waals surface area contributed by atoms with Crippen molar-refractivity contribution in [1.29, 1.82) is 0 Å². The lowest BCUT2D eigenvalue weighted by Crippen LogP contribution is -2.30. The Morgan fingerprint density at radius 3 is 1.62 bits per heavy atom. The molecule has 2 aromatic carbocycles. The number of halogens is 2. The molecule has 4 aliphatic rings. The molecule has 240 valence electrons. The number of rotatable bonds is 6. The van der Waals surface area contributed by atoms with Crippen LogP contribution >= 0.6 is 31.9 Å². The molecule has 0 N–H and O–H groups in total. The molecule has 2 amide bonds. The van der Waals surface area contributed by atoms with E-state index in [1.165, 1.54) is 0 Å². The molecule has 47 heavy (non-hydrogen) atoms. The number of benzene rings is 2. The smallest absolute Gasteiger partial charge is 0.358 e. The van der Waals surface area contributed by atoms with Crippen LogP contribution in [0.15, 0.2) is 58.0 Å². The predicted molar refractivity (Wildman–Crippen MR) is 174 cm³/mol. The summed E-state index contributed by atoms with van der Waals surface area (Å²) in [4.78, 5) is 65.9. The van der Waals surface area contributed by atoms with Crippen molar-refractivity contribution in [2.75, 3.05) is 26.3 Å². The van der Waals surface area contributed by atoms with Crippen LogP contribution in [-0.4, -0.2) is 79.0 Å². The van der Waals surface area contributed by atoms with Crippen molar-refractivity contribution in [2.24, 2.45) is 0 Å². The molecule has 8 rings (SSSR count). The van der Waals surface area contributed by atoms with E-state index in [1.807, 2.05) is 33.4 Å². The van der Waals surface area contributed by atoms with E-state index in [9.17, 15) is 19.2 Å². The maximum absolute atomic E-state index is 13.4. The third-order valence-electron chi connectivity index (χ3n) is 9.31. The monoisotopic (exact) mass is 762 g/mol. The predicted octanol–water partition coefficient (Wildman–Crippen LogP) is 5.57. The van der Waals surface area contributed by atoms with E-state index in [-0.39, 0.29) is 54.9 Å². The number of hydrogen-bond donors (Lipinski definition) is 0. The summed E-state index contributed by atoms with van der Waals surface area (Å²) < 4.78 is 16.4. The Hall–Kier alpha value is -4.30. The second kappa shape index (κ2) is 11.7. The molecule has 4 aliphatic heterocycles. The number of carbonyl (C=O) groups excluding carboxylic acids is 4. The lowest BCUT2D eigenvalue weighted by Gasteiger charge is -2.23. The van der Waals surface area contributed by atoms with Crippen LogP contribution in [0.3, 0.4) is 0 Å². The summed E-state index contributed by atoms with van der Waals surface area (Å²) in [6.07, 6.45) is 6.49. The second-order valence-electron chi connectivity index (χ2n) is 12.0. The zero-order chi connectivity index (χ0) is 32.4. The Labute approximate surface area is 285 Å². The summed E-state index contributed by atoms with van der Waals surface area (Å²) in [6.45, 7) is 1.20. The fourth-order valence-electron chi connectivity index (χ4n) is 7.25. The van der Waals surface area contributed by atoms with Gasteiger partial charge < -0.3 is 19.3 Å². The quantitative estimate of drug-likeness (QED) is 0.184. The zero-order valence-corrected chi connectivity index (χ0v) is 28.2. The van der Waals surface area contributed by atoms with E-state index in [0.29, 0.717) is 47.0 Å². The molecule has 2 unspecified atom stereocenters. The topological polar surface area (TPSA) is 129 Å². The van der Waals surface area contributed by atoms with Gasteiger partial charge in [0.1, 0.15) is 12.7 Å². The summed E-state index contributed by atoms with van der Waals surface area (Å²) in [5.41, 5.74) is 4.05. The maximum atomic E-state index is 13.4. The molecule has 2 saturated heterocycles. The lowest BCUT2D eigenvalue weighted by molar-refractivity contribution is 0.0382. The number of esters is 2. The average molecular weight is 764 g/mol. The zero-order valence-electron chi connectivity index (χ0n) is 25.0. The van der Waals surface area contributed by atoms with Crippen molar-refractivity contribution in [3.63, 3.8) is 0 Å². The van der Waals surface area contributed by atoms with E-state index in [2.05, 4.69) is 41.8 Å². The highest BCUT2D eigenvalue weighted by Crippen LogP contribution is 2.42. The summed E-state index contributed by atoms with van der Waals surface area (Å²) in [7, 11) is 0. The Balaban J connectivity index is 0.952. The number of imidazole rings is 2. The van der Waals surface area contributed by atoms with Crippen LogP contribution in [0.5, 0.6) is 0 Å². The minimum atomic E-state index is -0.597. The van der Waals surface area contributed by atoms with E-state index < -0.39 is 11.9 Å². The minimum Gasteiger partial charge on any atom is -0.461 e. The highest BCUT2D eigenvalue weighted by Gasteiger charge is 2.42. The molecule has 0 saturated carbocycles. The Morgan fingerprint density at radius 2 is 1.17 bits per heavy atom. The number of carbonyl (C=O) groups is 4. The van der Waals surface area contributed by atoms with E-state index in [0.717, 1.165) is 34.6 Å². The number of fused-ring (bicyclic) bond motifs is 10. The maximum Gasteiger partial charge on any atom is 0.358 e. The highest BCUT2D eigenvalue weighted by molar-refractivity contribution is 9.10. The first-order chi connectivity index (χ1) is 22.8. The van der Waals surface area contributed by atoms with Gasteiger partial charge in [-0.25, -0.2) is 19.6 Å². The van der Waals surface area contributed by atoms with Crippen LogP contribution in [0.25, 0.3) is 11.4 Å². The number of ether oxygens (including phenoxy) is 2.